The number of sulfonamides is 1. The molecule has 0 aromatic heterocycles. The highest BCUT2D eigenvalue weighted by atomic mass is 35.5. The van der Waals surface area contributed by atoms with Crippen molar-refractivity contribution in [2.24, 2.45) is 0 Å². The van der Waals surface area contributed by atoms with Crippen LogP contribution in [0.15, 0.2) is 48.5 Å². The third-order valence-corrected chi connectivity index (χ3v) is 7.10. The highest BCUT2D eigenvalue weighted by Crippen LogP contribution is 2.32. The number of nitrogens with one attached hydrogen (secondary N) is 1. The summed E-state index contributed by atoms with van der Waals surface area (Å²) in [6, 6.07) is 13.3. The Hall–Kier alpha value is -2.78. The van der Waals surface area contributed by atoms with Gasteiger partial charge in [0.25, 0.3) is 0 Å². The van der Waals surface area contributed by atoms with Gasteiger partial charge in [0.15, 0.2) is 0 Å². The summed E-state index contributed by atoms with van der Waals surface area (Å²) in [5, 5.41) is 3.20. The Morgan fingerprint density at radius 1 is 1.11 bits per heavy atom. The fraction of sp³-hybridized carbons (Fsp3) is 0.440. The first-order valence-electron chi connectivity index (χ1n) is 11.4. The highest BCUT2D eigenvalue weighted by Gasteiger charge is 2.31. The SMILES string of the molecule is CC[C@@H](C)NC(=O)[C@@H](C)N(CCc1ccccc1)C(=O)CN(c1cc(Cl)ccc1OC)S(C)(=O)=O. The standard InChI is InChI=1S/C25H34ClN3O5S/c1-6-18(2)27-25(31)19(3)28(15-14-20-10-8-7-9-11-20)24(30)17-29(35(5,32)33)22-16-21(26)12-13-23(22)34-4/h7-13,16,18-19H,6,14-15,17H2,1-5H3,(H,27,31)/t18-,19-/m1/s1. The van der Waals surface area contributed by atoms with Crippen molar-refractivity contribution < 1.29 is 22.7 Å². The molecule has 2 rings (SSSR count). The number of halogens is 1. The number of carbonyl (C=O) groups excluding carboxylic acids is 2. The van der Waals surface area contributed by atoms with E-state index in [0.29, 0.717) is 11.4 Å². The minimum absolute atomic E-state index is 0.0562. The predicted molar refractivity (Wildman–Crippen MR) is 139 cm³/mol. The fourth-order valence-electron chi connectivity index (χ4n) is 3.49. The van der Waals surface area contributed by atoms with Gasteiger partial charge in [0.1, 0.15) is 18.3 Å². The highest BCUT2D eigenvalue weighted by molar-refractivity contribution is 7.92. The van der Waals surface area contributed by atoms with E-state index in [1.807, 2.05) is 44.2 Å². The molecule has 35 heavy (non-hydrogen) atoms. The maximum absolute atomic E-state index is 13.5. The van der Waals surface area contributed by atoms with Crippen molar-refractivity contribution in [2.75, 3.05) is 30.8 Å². The lowest BCUT2D eigenvalue weighted by atomic mass is 10.1. The Morgan fingerprint density at radius 2 is 1.77 bits per heavy atom. The molecule has 0 radical (unpaired) electrons. The average molecular weight is 524 g/mol. The van der Waals surface area contributed by atoms with E-state index < -0.39 is 28.5 Å². The van der Waals surface area contributed by atoms with Crippen molar-refractivity contribution in [3.63, 3.8) is 0 Å². The van der Waals surface area contributed by atoms with Crippen LogP contribution in [0.3, 0.4) is 0 Å². The van der Waals surface area contributed by atoms with Gasteiger partial charge in [-0.3, -0.25) is 13.9 Å². The predicted octanol–water partition coefficient (Wildman–Crippen LogP) is 3.49. The van der Waals surface area contributed by atoms with E-state index in [2.05, 4.69) is 5.32 Å². The molecule has 0 aliphatic heterocycles. The molecule has 2 amide bonds. The summed E-state index contributed by atoms with van der Waals surface area (Å²) in [7, 11) is -2.48. The van der Waals surface area contributed by atoms with Gasteiger partial charge in [0, 0.05) is 17.6 Å². The van der Waals surface area contributed by atoms with Gasteiger partial charge in [-0.1, -0.05) is 48.9 Å². The molecule has 0 aliphatic rings. The van der Waals surface area contributed by atoms with Crippen molar-refractivity contribution in [3.05, 3.63) is 59.1 Å². The smallest absolute Gasteiger partial charge is 0.244 e. The Balaban J connectivity index is 2.38. The van der Waals surface area contributed by atoms with Crippen molar-refractivity contribution in [2.45, 2.75) is 45.7 Å². The molecular weight excluding hydrogens is 490 g/mol. The van der Waals surface area contributed by atoms with Gasteiger partial charge in [-0.2, -0.15) is 0 Å². The lowest BCUT2D eigenvalue weighted by Gasteiger charge is -2.32. The Morgan fingerprint density at radius 3 is 2.34 bits per heavy atom. The first kappa shape index (κ1) is 28.5. The second kappa shape index (κ2) is 12.8. The molecule has 0 spiro atoms. The second-order valence-corrected chi connectivity index (χ2v) is 10.7. The van der Waals surface area contributed by atoms with Crippen LogP contribution in [0, 0.1) is 0 Å². The monoisotopic (exact) mass is 523 g/mol. The van der Waals surface area contributed by atoms with Crippen LogP contribution in [0.1, 0.15) is 32.8 Å². The number of benzene rings is 2. The Kier molecular flexibility index (Phi) is 10.4. The summed E-state index contributed by atoms with van der Waals surface area (Å²) in [4.78, 5) is 27.9. The quantitative estimate of drug-likeness (QED) is 0.459. The molecule has 0 saturated heterocycles. The van der Waals surface area contributed by atoms with Gasteiger partial charge in [-0.05, 0) is 50.5 Å². The van der Waals surface area contributed by atoms with Crippen LogP contribution in [0.25, 0.3) is 0 Å². The minimum atomic E-state index is -3.89. The van der Waals surface area contributed by atoms with Gasteiger partial charge in [-0.15, -0.1) is 0 Å². The number of hydrogen-bond donors (Lipinski definition) is 1. The van der Waals surface area contributed by atoms with Gasteiger partial charge in [-0.25, -0.2) is 8.42 Å². The molecule has 0 bridgehead atoms. The van der Waals surface area contributed by atoms with E-state index in [1.54, 1.807) is 13.0 Å². The van der Waals surface area contributed by atoms with Gasteiger partial charge < -0.3 is 15.0 Å². The molecule has 0 unspecified atom stereocenters. The number of carbonyl (C=O) groups is 2. The molecule has 0 fully saturated rings. The minimum Gasteiger partial charge on any atom is -0.495 e. The third-order valence-electron chi connectivity index (χ3n) is 5.74. The molecule has 10 heteroatoms. The average Bonchev–Trinajstić information content (AvgIpc) is 2.82. The molecule has 2 atom stereocenters. The molecule has 0 heterocycles. The molecule has 8 nitrogen and oxygen atoms in total. The van der Waals surface area contributed by atoms with Gasteiger partial charge in [0.05, 0.1) is 19.1 Å². The van der Waals surface area contributed by atoms with Crippen LogP contribution < -0.4 is 14.4 Å². The summed E-state index contributed by atoms with van der Waals surface area (Å²) >= 11 is 6.11. The molecular formula is C25H34ClN3O5S. The lowest BCUT2D eigenvalue weighted by Crippen LogP contribution is -2.53. The van der Waals surface area contributed by atoms with Crippen LogP contribution in [0.4, 0.5) is 5.69 Å². The topological polar surface area (TPSA) is 96.0 Å². The van der Waals surface area contributed by atoms with E-state index in [0.717, 1.165) is 22.5 Å². The largest absolute Gasteiger partial charge is 0.495 e. The number of amides is 2. The molecule has 0 saturated carbocycles. The maximum Gasteiger partial charge on any atom is 0.244 e. The Labute approximate surface area is 213 Å². The lowest BCUT2D eigenvalue weighted by molar-refractivity contribution is -0.139. The molecule has 192 valence electrons. The number of nitrogens with zero attached hydrogens (tertiary/aromatic N) is 2. The first-order valence-corrected chi connectivity index (χ1v) is 13.7. The fourth-order valence-corrected chi connectivity index (χ4v) is 4.50. The summed E-state index contributed by atoms with van der Waals surface area (Å²) in [6.07, 6.45) is 2.26. The number of ether oxygens (including phenoxy) is 1. The summed E-state index contributed by atoms with van der Waals surface area (Å²) < 4.78 is 31.7. The van der Waals surface area contributed by atoms with Crippen LogP contribution in [0.2, 0.25) is 5.02 Å². The summed E-state index contributed by atoms with van der Waals surface area (Å²) in [5.41, 5.74) is 1.15. The summed E-state index contributed by atoms with van der Waals surface area (Å²) in [5.74, 6) is -0.557. The zero-order valence-electron chi connectivity index (χ0n) is 20.8. The van der Waals surface area contributed by atoms with E-state index in [-0.39, 0.29) is 29.9 Å². The van der Waals surface area contributed by atoms with Crippen LogP contribution >= 0.6 is 11.6 Å². The van der Waals surface area contributed by atoms with Crippen LogP contribution in [-0.4, -0.2) is 63.7 Å². The van der Waals surface area contributed by atoms with E-state index >= 15 is 0 Å². The third kappa shape index (κ3) is 8.14. The molecule has 1 N–H and O–H groups in total. The number of hydrogen-bond acceptors (Lipinski definition) is 5. The Bertz CT molecular complexity index is 1110. The molecule has 2 aromatic rings. The van der Waals surface area contributed by atoms with Crippen molar-refractivity contribution >= 4 is 39.1 Å². The maximum atomic E-state index is 13.5. The first-order chi connectivity index (χ1) is 16.5. The van der Waals surface area contributed by atoms with Crippen molar-refractivity contribution in [1.82, 2.24) is 10.2 Å². The normalized spacial score (nSPS) is 13.0. The molecule has 0 aliphatic carbocycles. The zero-order chi connectivity index (χ0) is 26.2. The summed E-state index contributed by atoms with van der Waals surface area (Å²) in [6.45, 7) is 5.22. The van der Waals surface area contributed by atoms with Gasteiger partial charge in [0.2, 0.25) is 21.8 Å². The molecule has 2 aromatic carbocycles. The van der Waals surface area contributed by atoms with E-state index in [1.165, 1.54) is 24.1 Å². The zero-order valence-corrected chi connectivity index (χ0v) is 22.4. The number of methoxy groups -OCH3 is 1. The number of anilines is 1. The van der Waals surface area contributed by atoms with Crippen molar-refractivity contribution in [1.29, 1.82) is 0 Å². The van der Waals surface area contributed by atoms with Crippen molar-refractivity contribution in [3.8, 4) is 5.75 Å². The van der Waals surface area contributed by atoms with E-state index in [4.69, 9.17) is 16.3 Å². The number of rotatable bonds is 12. The van der Waals surface area contributed by atoms with Crippen LogP contribution in [-0.2, 0) is 26.0 Å². The van der Waals surface area contributed by atoms with Crippen LogP contribution in [0.5, 0.6) is 5.75 Å². The van der Waals surface area contributed by atoms with E-state index in [9.17, 15) is 18.0 Å². The second-order valence-electron chi connectivity index (χ2n) is 8.40. The van der Waals surface area contributed by atoms with Gasteiger partial charge >= 0.3 is 0 Å².